The molecule has 1 saturated heterocycles. The van der Waals surface area contributed by atoms with Crippen LogP contribution in [0.3, 0.4) is 0 Å². The summed E-state index contributed by atoms with van der Waals surface area (Å²) >= 11 is 0. The van der Waals surface area contributed by atoms with Crippen molar-refractivity contribution in [2.75, 3.05) is 43.4 Å². The standard InChI is InChI=1S/C34H35FN6O2/c1-38-12-14-40(15-13-38)26-8-9-32(36-19-26)37-30-18-25(20-39(2)34(30)43)27-4-3-5-31(28(27)21-42)41-11-10-23-16-24(22-6-7-22)17-29(35)33(23)41/h3-5,8-11,16-20,22,42H,6-7,12-15,21H2,1-2H3,(H,36,37). The summed E-state index contributed by atoms with van der Waals surface area (Å²) in [6.45, 7) is 3.67. The summed E-state index contributed by atoms with van der Waals surface area (Å²) in [6, 6.07) is 17.0. The molecule has 0 unspecified atom stereocenters. The molecular weight excluding hydrogens is 543 g/mol. The maximum absolute atomic E-state index is 15.4. The Balaban J connectivity index is 1.22. The third-order valence-corrected chi connectivity index (χ3v) is 8.75. The van der Waals surface area contributed by atoms with Gasteiger partial charge in [-0.15, -0.1) is 0 Å². The van der Waals surface area contributed by atoms with Crippen molar-refractivity contribution >= 4 is 28.1 Å². The Morgan fingerprint density at radius 2 is 1.84 bits per heavy atom. The minimum Gasteiger partial charge on any atom is -0.392 e. The molecule has 4 heterocycles. The molecule has 220 valence electrons. The monoisotopic (exact) mass is 578 g/mol. The van der Waals surface area contributed by atoms with E-state index in [1.807, 2.05) is 53.4 Å². The van der Waals surface area contributed by atoms with E-state index >= 15 is 4.39 Å². The summed E-state index contributed by atoms with van der Waals surface area (Å²) in [6.07, 6.45) is 7.66. The van der Waals surface area contributed by atoms with E-state index in [0.29, 0.717) is 34.2 Å². The van der Waals surface area contributed by atoms with Gasteiger partial charge in [-0.3, -0.25) is 4.79 Å². The Labute approximate surface area is 249 Å². The van der Waals surface area contributed by atoms with Crippen LogP contribution in [0.2, 0.25) is 0 Å². The first kappa shape index (κ1) is 27.4. The summed E-state index contributed by atoms with van der Waals surface area (Å²) in [4.78, 5) is 22.3. The van der Waals surface area contributed by atoms with Gasteiger partial charge in [0.05, 0.1) is 29.7 Å². The number of aromatic nitrogens is 3. The number of rotatable bonds is 7. The highest BCUT2D eigenvalue weighted by molar-refractivity contribution is 5.85. The molecular formula is C34H35FN6O2. The van der Waals surface area contributed by atoms with E-state index < -0.39 is 0 Å². The molecule has 7 rings (SSSR count). The van der Waals surface area contributed by atoms with E-state index in [2.05, 4.69) is 33.2 Å². The highest BCUT2D eigenvalue weighted by Crippen LogP contribution is 2.42. The number of aryl methyl sites for hydroxylation is 1. The highest BCUT2D eigenvalue weighted by Gasteiger charge is 2.25. The second-order valence-electron chi connectivity index (χ2n) is 11.7. The summed E-state index contributed by atoms with van der Waals surface area (Å²) in [7, 11) is 3.83. The molecule has 5 aromatic rings. The highest BCUT2D eigenvalue weighted by atomic mass is 19.1. The number of halogens is 1. The van der Waals surface area contributed by atoms with Gasteiger partial charge >= 0.3 is 0 Å². The molecule has 1 aliphatic heterocycles. The molecule has 3 aromatic heterocycles. The van der Waals surface area contributed by atoms with Crippen molar-refractivity contribution in [1.82, 2.24) is 19.0 Å². The Bertz CT molecular complexity index is 1870. The number of aliphatic hydroxyl groups is 1. The lowest BCUT2D eigenvalue weighted by atomic mass is 9.99. The van der Waals surface area contributed by atoms with E-state index in [1.54, 1.807) is 25.4 Å². The van der Waals surface area contributed by atoms with E-state index in [1.165, 1.54) is 4.57 Å². The molecule has 1 aliphatic carbocycles. The fourth-order valence-corrected chi connectivity index (χ4v) is 6.14. The SMILES string of the molecule is CN1CCN(c2ccc(Nc3cc(-c4cccc(-n5ccc6cc(C7CC7)cc(F)c65)c4CO)cn(C)c3=O)nc2)CC1. The van der Waals surface area contributed by atoms with E-state index in [4.69, 9.17) is 0 Å². The van der Waals surface area contributed by atoms with Crippen molar-refractivity contribution in [2.45, 2.75) is 25.4 Å². The predicted molar refractivity (Wildman–Crippen MR) is 169 cm³/mol. The first-order valence-corrected chi connectivity index (χ1v) is 14.8. The smallest absolute Gasteiger partial charge is 0.274 e. The second kappa shape index (κ2) is 11.0. The zero-order valence-electron chi connectivity index (χ0n) is 24.4. The minimum atomic E-state index is -0.265. The number of benzene rings is 2. The maximum atomic E-state index is 15.4. The van der Waals surface area contributed by atoms with Crippen molar-refractivity contribution in [1.29, 1.82) is 0 Å². The molecule has 43 heavy (non-hydrogen) atoms. The maximum Gasteiger partial charge on any atom is 0.274 e. The van der Waals surface area contributed by atoms with Crippen LogP contribution in [0.1, 0.15) is 29.9 Å². The van der Waals surface area contributed by atoms with Gasteiger partial charge < -0.3 is 29.4 Å². The predicted octanol–water partition coefficient (Wildman–Crippen LogP) is 5.40. The zero-order chi connectivity index (χ0) is 29.7. The molecule has 2 fully saturated rings. The zero-order valence-corrected chi connectivity index (χ0v) is 24.4. The Hall–Kier alpha value is -4.47. The van der Waals surface area contributed by atoms with Crippen LogP contribution in [0, 0.1) is 5.82 Å². The molecule has 0 bridgehead atoms. The van der Waals surface area contributed by atoms with Gasteiger partial charge in [-0.05, 0) is 79.4 Å². The lowest BCUT2D eigenvalue weighted by molar-refractivity contribution is 0.282. The van der Waals surface area contributed by atoms with Crippen molar-refractivity contribution < 1.29 is 9.50 Å². The second-order valence-corrected chi connectivity index (χ2v) is 11.7. The summed E-state index contributed by atoms with van der Waals surface area (Å²) < 4.78 is 18.8. The molecule has 2 aliphatic rings. The van der Waals surface area contributed by atoms with E-state index in [0.717, 1.165) is 66.8 Å². The van der Waals surface area contributed by atoms with E-state index in [9.17, 15) is 9.90 Å². The molecule has 0 amide bonds. The molecule has 0 spiro atoms. The van der Waals surface area contributed by atoms with Gasteiger partial charge in [-0.2, -0.15) is 0 Å². The van der Waals surface area contributed by atoms with Crippen LogP contribution in [0.5, 0.6) is 0 Å². The Morgan fingerprint density at radius 1 is 1.02 bits per heavy atom. The van der Waals surface area contributed by atoms with Crippen LogP contribution in [-0.4, -0.2) is 57.4 Å². The molecule has 0 radical (unpaired) electrons. The number of pyridine rings is 2. The number of nitrogens with one attached hydrogen (secondary N) is 1. The number of aliphatic hydroxyl groups excluding tert-OH is 1. The molecule has 1 saturated carbocycles. The number of hydrogen-bond donors (Lipinski definition) is 2. The quantitative estimate of drug-likeness (QED) is 0.270. The van der Waals surface area contributed by atoms with Gasteiger partial charge in [0.2, 0.25) is 0 Å². The normalized spacial score (nSPS) is 15.8. The lowest BCUT2D eigenvalue weighted by Crippen LogP contribution is -2.44. The van der Waals surface area contributed by atoms with Gasteiger partial charge in [0.25, 0.3) is 5.56 Å². The molecule has 2 N–H and O–H groups in total. The largest absolute Gasteiger partial charge is 0.392 e. The molecule has 9 heteroatoms. The number of nitrogens with zero attached hydrogens (tertiary/aromatic N) is 5. The molecule has 2 aromatic carbocycles. The number of fused-ring (bicyclic) bond motifs is 1. The van der Waals surface area contributed by atoms with Crippen LogP contribution in [0.15, 0.2) is 78.0 Å². The fourth-order valence-electron chi connectivity index (χ4n) is 6.14. The minimum absolute atomic E-state index is 0.194. The summed E-state index contributed by atoms with van der Waals surface area (Å²) in [5, 5.41) is 14.6. The van der Waals surface area contributed by atoms with Gasteiger partial charge in [-0.1, -0.05) is 12.1 Å². The van der Waals surface area contributed by atoms with Gasteiger partial charge in [0.15, 0.2) is 0 Å². The van der Waals surface area contributed by atoms with Crippen LogP contribution >= 0.6 is 0 Å². The number of anilines is 3. The van der Waals surface area contributed by atoms with Gasteiger partial charge in [0.1, 0.15) is 17.3 Å². The molecule has 0 atom stereocenters. The summed E-state index contributed by atoms with van der Waals surface area (Å²) in [5.41, 5.74) is 5.62. The Kier molecular flexibility index (Phi) is 6.99. The van der Waals surface area contributed by atoms with Crippen molar-refractivity contribution in [3.05, 3.63) is 100 Å². The molecule has 8 nitrogen and oxygen atoms in total. The van der Waals surface area contributed by atoms with Crippen molar-refractivity contribution in [3.8, 4) is 16.8 Å². The third kappa shape index (κ3) is 5.19. The Morgan fingerprint density at radius 3 is 2.56 bits per heavy atom. The average molecular weight is 579 g/mol. The van der Waals surface area contributed by atoms with E-state index in [-0.39, 0.29) is 18.0 Å². The van der Waals surface area contributed by atoms with Crippen LogP contribution < -0.4 is 15.8 Å². The first-order valence-electron chi connectivity index (χ1n) is 14.8. The van der Waals surface area contributed by atoms with Crippen molar-refractivity contribution in [2.24, 2.45) is 7.05 Å². The number of hydrogen-bond acceptors (Lipinski definition) is 6. The summed E-state index contributed by atoms with van der Waals surface area (Å²) in [5.74, 6) is 0.762. The van der Waals surface area contributed by atoms with Crippen LogP contribution in [0.25, 0.3) is 27.7 Å². The average Bonchev–Trinajstić information content (AvgIpc) is 3.78. The fraction of sp³-hybridized carbons (Fsp3) is 0.294. The number of likely N-dealkylation sites (N-methyl/N-ethyl adjacent to an activating group) is 1. The van der Waals surface area contributed by atoms with Crippen LogP contribution in [-0.2, 0) is 13.7 Å². The number of piperazine rings is 1. The van der Waals surface area contributed by atoms with Crippen LogP contribution in [0.4, 0.5) is 21.6 Å². The van der Waals surface area contributed by atoms with Gasteiger partial charge in [0, 0.05) is 62.1 Å². The topological polar surface area (TPSA) is 78.6 Å². The van der Waals surface area contributed by atoms with Crippen molar-refractivity contribution in [3.63, 3.8) is 0 Å². The lowest BCUT2D eigenvalue weighted by Gasteiger charge is -2.33. The van der Waals surface area contributed by atoms with Gasteiger partial charge in [-0.25, -0.2) is 9.37 Å². The third-order valence-electron chi connectivity index (χ3n) is 8.75. The first-order chi connectivity index (χ1) is 20.9.